The lowest BCUT2D eigenvalue weighted by Gasteiger charge is -2.21. The molecule has 0 radical (unpaired) electrons. The lowest BCUT2D eigenvalue weighted by atomic mass is 10.1. The van der Waals surface area contributed by atoms with Gasteiger partial charge in [-0.1, -0.05) is 0 Å². The van der Waals surface area contributed by atoms with E-state index in [1.165, 1.54) is 12.8 Å². The Bertz CT molecular complexity index is 176. The minimum absolute atomic E-state index is 0.425. The number of rotatable bonds is 2. The lowest BCUT2D eigenvalue weighted by Crippen LogP contribution is -2.34. The number of hydrogen-bond acceptors (Lipinski definition) is 3. The first-order valence-corrected chi connectivity index (χ1v) is 5.22. The third-order valence-electron chi connectivity index (χ3n) is 3.02. The van der Waals surface area contributed by atoms with Crippen LogP contribution in [0.4, 0.5) is 0 Å². The molecule has 1 N–H and O–H groups in total. The van der Waals surface area contributed by atoms with Crippen LogP contribution in [-0.2, 0) is 4.74 Å². The number of hydrogen-bond donors (Lipinski definition) is 1. The number of aliphatic hydroxyl groups is 1. The molecule has 2 atom stereocenters. The van der Waals surface area contributed by atoms with Gasteiger partial charge in [0, 0.05) is 26.2 Å². The molecule has 0 aromatic rings. The fraction of sp³-hybridized carbons (Fsp3) is 1.00. The van der Waals surface area contributed by atoms with Gasteiger partial charge in [-0.2, -0.15) is 0 Å². The van der Waals surface area contributed by atoms with E-state index in [9.17, 15) is 5.11 Å². The van der Waals surface area contributed by atoms with Gasteiger partial charge in [0.1, 0.15) is 0 Å². The zero-order valence-corrected chi connectivity index (χ0v) is 8.33. The van der Waals surface area contributed by atoms with Gasteiger partial charge in [-0.25, -0.2) is 0 Å². The molecule has 2 saturated heterocycles. The summed E-state index contributed by atoms with van der Waals surface area (Å²) in [5.41, 5.74) is -0.460. The summed E-state index contributed by atoms with van der Waals surface area (Å²) in [4.78, 5) is 2.32. The van der Waals surface area contributed by atoms with E-state index in [1.807, 2.05) is 6.92 Å². The molecule has 76 valence electrons. The van der Waals surface area contributed by atoms with Crippen molar-refractivity contribution in [2.45, 2.75) is 37.9 Å². The fourth-order valence-corrected chi connectivity index (χ4v) is 2.27. The summed E-state index contributed by atoms with van der Waals surface area (Å²) < 4.78 is 5.56. The molecule has 0 amide bonds. The first kappa shape index (κ1) is 9.44. The largest absolute Gasteiger partial charge is 0.389 e. The van der Waals surface area contributed by atoms with E-state index in [0.717, 1.165) is 32.7 Å². The monoisotopic (exact) mass is 185 g/mol. The Kier molecular flexibility index (Phi) is 2.58. The van der Waals surface area contributed by atoms with Gasteiger partial charge in [0.05, 0.1) is 11.7 Å². The molecule has 2 heterocycles. The van der Waals surface area contributed by atoms with Gasteiger partial charge >= 0.3 is 0 Å². The average molecular weight is 185 g/mol. The summed E-state index contributed by atoms with van der Waals surface area (Å²) in [5.74, 6) is 0. The molecule has 0 aromatic heterocycles. The maximum absolute atomic E-state index is 9.76. The molecule has 0 spiro atoms. The highest BCUT2D eigenvalue weighted by molar-refractivity contribution is 4.87. The number of ether oxygens (including phenoxy) is 1. The smallest absolute Gasteiger partial charge is 0.0758 e. The van der Waals surface area contributed by atoms with E-state index in [2.05, 4.69) is 4.90 Å². The van der Waals surface area contributed by atoms with Crippen molar-refractivity contribution in [1.82, 2.24) is 4.90 Å². The normalized spacial score (nSPS) is 41.5. The van der Waals surface area contributed by atoms with Crippen molar-refractivity contribution in [3.8, 4) is 0 Å². The SMILES string of the molecule is CC1(O)CCN(CC2CCCO2)C1. The molecule has 2 aliphatic heterocycles. The van der Waals surface area contributed by atoms with Gasteiger partial charge in [-0.05, 0) is 26.2 Å². The summed E-state index contributed by atoms with van der Waals surface area (Å²) in [6.07, 6.45) is 3.72. The zero-order valence-electron chi connectivity index (χ0n) is 8.33. The van der Waals surface area contributed by atoms with Gasteiger partial charge < -0.3 is 9.84 Å². The highest BCUT2D eigenvalue weighted by atomic mass is 16.5. The number of likely N-dealkylation sites (tertiary alicyclic amines) is 1. The molecular weight excluding hydrogens is 166 g/mol. The molecule has 0 bridgehead atoms. The molecule has 0 aromatic carbocycles. The molecule has 3 nitrogen and oxygen atoms in total. The van der Waals surface area contributed by atoms with Crippen LogP contribution in [0, 0.1) is 0 Å². The minimum atomic E-state index is -0.460. The van der Waals surface area contributed by atoms with Gasteiger partial charge in [0.25, 0.3) is 0 Å². The molecule has 2 aliphatic rings. The van der Waals surface area contributed by atoms with Crippen molar-refractivity contribution in [3.63, 3.8) is 0 Å². The van der Waals surface area contributed by atoms with E-state index in [1.54, 1.807) is 0 Å². The summed E-state index contributed by atoms with van der Waals surface area (Å²) in [6, 6.07) is 0. The number of nitrogens with zero attached hydrogens (tertiary/aromatic N) is 1. The third-order valence-corrected chi connectivity index (χ3v) is 3.02. The second kappa shape index (κ2) is 3.56. The van der Waals surface area contributed by atoms with Crippen LogP contribution in [0.5, 0.6) is 0 Å². The zero-order chi connectivity index (χ0) is 9.31. The Labute approximate surface area is 79.7 Å². The quantitative estimate of drug-likeness (QED) is 0.684. The van der Waals surface area contributed by atoms with Crippen LogP contribution in [0.25, 0.3) is 0 Å². The van der Waals surface area contributed by atoms with Gasteiger partial charge in [0.2, 0.25) is 0 Å². The van der Waals surface area contributed by atoms with Crippen LogP contribution >= 0.6 is 0 Å². The molecule has 0 aliphatic carbocycles. The van der Waals surface area contributed by atoms with Gasteiger partial charge in [-0.15, -0.1) is 0 Å². The Balaban J connectivity index is 1.77. The fourth-order valence-electron chi connectivity index (χ4n) is 2.27. The molecule has 2 rings (SSSR count). The third kappa shape index (κ3) is 2.42. The van der Waals surface area contributed by atoms with Crippen molar-refractivity contribution < 1.29 is 9.84 Å². The Hall–Kier alpha value is -0.120. The molecule has 2 unspecified atom stereocenters. The Morgan fingerprint density at radius 1 is 1.62 bits per heavy atom. The second-order valence-electron chi connectivity index (χ2n) is 4.62. The van der Waals surface area contributed by atoms with E-state index in [0.29, 0.717) is 6.10 Å². The Morgan fingerprint density at radius 2 is 2.46 bits per heavy atom. The van der Waals surface area contributed by atoms with E-state index < -0.39 is 5.60 Å². The molecular formula is C10H19NO2. The first-order chi connectivity index (χ1) is 6.16. The summed E-state index contributed by atoms with van der Waals surface area (Å²) >= 11 is 0. The van der Waals surface area contributed by atoms with Crippen LogP contribution < -0.4 is 0 Å². The highest BCUT2D eigenvalue weighted by Crippen LogP contribution is 2.22. The first-order valence-electron chi connectivity index (χ1n) is 5.22. The standard InChI is InChI=1S/C10H19NO2/c1-10(12)4-5-11(8-10)7-9-3-2-6-13-9/h9,12H,2-8H2,1H3. The van der Waals surface area contributed by atoms with Crippen LogP contribution in [0.1, 0.15) is 26.2 Å². The maximum atomic E-state index is 9.76. The average Bonchev–Trinajstić information content (AvgIpc) is 2.61. The van der Waals surface area contributed by atoms with Crippen molar-refractivity contribution in [2.75, 3.05) is 26.2 Å². The highest BCUT2D eigenvalue weighted by Gasteiger charge is 2.32. The summed E-state index contributed by atoms with van der Waals surface area (Å²) in [6.45, 7) is 5.69. The van der Waals surface area contributed by atoms with Crippen LogP contribution in [0.3, 0.4) is 0 Å². The van der Waals surface area contributed by atoms with E-state index in [4.69, 9.17) is 4.74 Å². The van der Waals surface area contributed by atoms with Crippen LogP contribution in [0.2, 0.25) is 0 Å². The van der Waals surface area contributed by atoms with Crippen LogP contribution in [-0.4, -0.2) is 48.0 Å². The van der Waals surface area contributed by atoms with Crippen molar-refractivity contribution in [1.29, 1.82) is 0 Å². The van der Waals surface area contributed by atoms with E-state index >= 15 is 0 Å². The Morgan fingerprint density at radius 3 is 3.00 bits per heavy atom. The summed E-state index contributed by atoms with van der Waals surface area (Å²) in [5, 5.41) is 9.76. The molecule has 0 saturated carbocycles. The predicted octanol–water partition coefficient (Wildman–Crippen LogP) is 0.622. The van der Waals surface area contributed by atoms with Gasteiger partial charge in [0.15, 0.2) is 0 Å². The molecule has 2 fully saturated rings. The van der Waals surface area contributed by atoms with Crippen LogP contribution in [0.15, 0.2) is 0 Å². The minimum Gasteiger partial charge on any atom is -0.389 e. The van der Waals surface area contributed by atoms with Crippen molar-refractivity contribution in [2.24, 2.45) is 0 Å². The summed E-state index contributed by atoms with van der Waals surface area (Å²) in [7, 11) is 0. The van der Waals surface area contributed by atoms with Crippen molar-refractivity contribution in [3.05, 3.63) is 0 Å². The molecule has 3 heteroatoms. The predicted molar refractivity (Wildman–Crippen MR) is 50.7 cm³/mol. The van der Waals surface area contributed by atoms with Gasteiger partial charge in [-0.3, -0.25) is 4.90 Å². The van der Waals surface area contributed by atoms with Crippen molar-refractivity contribution >= 4 is 0 Å². The second-order valence-corrected chi connectivity index (χ2v) is 4.62. The number of β-amino-alcohol motifs (C(OH)–C–C–N with tert-alkyl or cyclic N) is 1. The maximum Gasteiger partial charge on any atom is 0.0758 e. The molecule has 13 heavy (non-hydrogen) atoms. The van der Waals surface area contributed by atoms with E-state index in [-0.39, 0.29) is 0 Å². The lowest BCUT2D eigenvalue weighted by molar-refractivity contribution is 0.0493. The topological polar surface area (TPSA) is 32.7 Å².